The summed E-state index contributed by atoms with van der Waals surface area (Å²) in [6, 6.07) is 9.66. The van der Waals surface area contributed by atoms with Crippen LogP contribution in [0.25, 0.3) is 0 Å². The molecular weight excluding hydrogens is 386 g/mol. The molecule has 0 spiro atoms. The molecule has 0 unspecified atom stereocenters. The number of rotatable bonds is 13. The van der Waals surface area contributed by atoms with Crippen LogP contribution in [-0.2, 0) is 14.9 Å². The summed E-state index contributed by atoms with van der Waals surface area (Å²) in [6.07, 6.45) is 6.47. The van der Waals surface area contributed by atoms with Gasteiger partial charge in [-0.15, -0.1) is 0 Å². The summed E-state index contributed by atoms with van der Waals surface area (Å²) in [5.41, 5.74) is 0.598. The quantitative estimate of drug-likeness (QED) is 0.483. The molecule has 1 aliphatic heterocycles. The Labute approximate surface area is 177 Å². The molecule has 1 aliphatic rings. The number of para-hydroxylation sites is 1. The zero-order valence-corrected chi connectivity index (χ0v) is 19.2. The Balaban J connectivity index is 1.57. The second-order valence-electron chi connectivity index (χ2n) is 8.08. The predicted molar refractivity (Wildman–Crippen MR) is 120 cm³/mol. The lowest BCUT2D eigenvalue weighted by atomic mass is 10.1. The molecule has 0 amide bonds. The summed E-state index contributed by atoms with van der Waals surface area (Å²) in [4.78, 5) is 2.50. The summed E-state index contributed by atoms with van der Waals surface area (Å²) >= 11 is 0. The van der Waals surface area contributed by atoms with Gasteiger partial charge in [0.1, 0.15) is 0 Å². The minimum absolute atomic E-state index is 0.176. The first-order chi connectivity index (χ1) is 13.9. The summed E-state index contributed by atoms with van der Waals surface area (Å²) in [7, 11) is -3.49. The van der Waals surface area contributed by atoms with Gasteiger partial charge in [0.15, 0.2) is 0 Å². The highest BCUT2D eigenvalue weighted by molar-refractivity contribution is 7.90. The molecule has 1 heterocycles. The van der Waals surface area contributed by atoms with Gasteiger partial charge in [0.05, 0.1) is 6.10 Å². The van der Waals surface area contributed by atoms with E-state index in [-0.39, 0.29) is 6.10 Å². The Morgan fingerprint density at radius 1 is 1.10 bits per heavy atom. The van der Waals surface area contributed by atoms with Crippen LogP contribution in [-0.4, -0.2) is 62.6 Å². The Kier molecular flexibility index (Phi) is 10.4. The van der Waals surface area contributed by atoms with Crippen molar-refractivity contribution in [1.82, 2.24) is 9.21 Å². The molecule has 1 saturated heterocycles. The zero-order chi connectivity index (χ0) is 21.1. The molecule has 0 bridgehead atoms. The van der Waals surface area contributed by atoms with E-state index in [2.05, 4.69) is 30.4 Å². The van der Waals surface area contributed by atoms with Gasteiger partial charge in [-0.05, 0) is 64.8 Å². The molecule has 0 atom stereocenters. The monoisotopic (exact) mass is 425 g/mol. The number of hydrogen-bond acceptors (Lipinski definition) is 4. The molecule has 6 nitrogen and oxygen atoms in total. The summed E-state index contributed by atoms with van der Waals surface area (Å²) < 4.78 is 35.2. The Bertz CT molecular complexity index is 659. The van der Waals surface area contributed by atoms with E-state index in [1.807, 2.05) is 18.2 Å². The third-order valence-electron chi connectivity index (χ3n) is 5.59. The summed E-state index contributed by atoms with van der Waals surface area (Å²) in [5.74, 6) is 0. The van der Waals surface area contributed by atoms with Crippen molar-refractivity contribution < 1.29 is 13.2 Å². The van der Waals surface area contributed by atoms with Crippen molar-refractivity contribution in [3.63, 3.8) is 0 Å². The number of piperidine rings is 1. The van der Waals surface area contributed by atoms with Crippen LogP contribution >= 0.6 is 0 Å². The van der Waals surface area contributed by atoms with Gasteiger partial charge in [0, 0.05) is 31.4 Å². The smallest absolute Gasteiger partial charge is 0.301 e. The maximum Gasteiger partial charge on any atom is 0.301 e. The van der Waals surface area contributed by atoms with Crippen LogP contribution in [0.2, 0.25) is 0 Å². The van der Waals surface area contributed by atoms with Crippen molar-refractivity contribution >= 4 is 15.9 Å². The van der Waals surface area contributed by atoms with E-state index in [1.165, 1.54) is 30.1 Å². The van der Waals surface area contributed by atoms with Gasteiger partial charge in [-0.1, -0.05) is 38.0 Å². The molecule has 1 aromatic carbocycles. The Hall–Kier alpha value is -1.15. The molecule has 29 heavy (non-hydrogen) atoms. The molecule has 1 fully saturated rings. The molecule has 7 heteroatoms. The van der Waals surface area contributed by atoms with Crippen LogP contribution < -0.4 is 4.72 Å². The number of ether oxygens (including phenoxy) is 1. The van der Waals surface area contributed by atoms with Gasteiger partial charge in [0.2, 0.25) is 0 Å². The first-order valence-corrected chi connectivity index (χ1v) is 12.5. The molecule has 0 saturated carbocycles. The zero-order valence-electron chi connectivity index (χ0n) is 18.3. The van der Waals surface area contributed by atoms with Crippen LogP contribution in [0.4, 0.5) is 5.69 Å². The lowest BCUT2D eigenvalue weighted by Gasteiger charge is -2.31. The summed E-state index contributed by atoms with van der Waals surface area (Å²) in [5, 5.41) is 0. The van der Waals surface area contributed by atoms with E-state index in [9.17, 15) is 8.42 Å². The van der Waals surface area contributed by atoms with Crippen molar-refractivity contribution in [2.24, 2.45) is 0 Å². The largest absolute Gasteiger partial charge is 0.378 e. The van der Waals surface area contributed by atoms with Crippen LogP contribution in [0.15, 0.2) is 30.3 Å². The standard InChI is InChI=1S/C22H39N3O3S/c1-4-24(20(2)3)16-10-5-6-11-19-28-22-14-17-25(18-15-22)29(26,27)23-21-12-8-7-9-13-21/h7-9,12-13,20,22-23H,4-6,10-11,14-19H2,1-3H3. The second kappa shape index (κ2) is 12.5. The van der Waals surface area contributed by atoms with E-state index < -0.39 is 10.2 Å². The normalized spacial score (nSPS) is 16.6. The number of unbranched alkanes of at least 4 members (excludes halogenated alkanes) is 3. The predicted octanol–water partition coefficient (Wildman–Crippen LogP) is 4.12. The average molecular weight is 426 g/mol. The van der Waals surface area contributed by atoms with Crippen LogP contribution in [0.5, 0.6) is 0 Å². The number of benzene rings is 1. The molecule has 1 aromatic rings. The van der Waals surface area contributed by atoms with Gasteiger partial charge in [-0.3, -0.25) is 4.72 Å². The maximum absolute atomic E-state index is 12.5. The van der Waals surface area contributed by atoms with E-state index in [1.54, 1.807) is 12.1 Å². The van der Waals surface area contributed by atoms with Gasteiger partial charge in [0.25, 0.3) is 0 Å². The maximum atomic E-state index is 12.5. The molecule has 2 rings (SSSR count). The van der Waals surface area contributed by atoms with Crippen molar-refractivity contribution in [3.8, 4) is 0 Å². The van der Waals surface area contributed by atoms with Crippen molar-refractivity contribution in [3.05, 3.63) is 30.3 Å². The Morgan fingerprint density at radius 2 is 1.76 bits per heavy atom. The molecule has 0 radical (unpaired) electrons. The third-order valence-corrected chi connectivity index (χ3v) is 7.13. The number of nitrogens with one attached hydrogen (secondary N) is 1. The number of anilines is 1. The van der Waals surface area contributed by atoms with E-state index >= 15 is 0 Å². The highest BCUT2D eigenvalue weighted by Crippen LogP contribution is 2.19. The van der Waals surface area contributed by atoms with Gasteiger partial charge >= 0.3 is 10.2 Å². The highest BCUT2D eigenvalue weighted by Gasteiger charge is 2.28. The van der Waals surface area contributed by atoms with Crippen LogP contribution in [0.1, 0.15) is 59.3 Å². The van der Waals surface area contributed by atoms with Crippen molar-refractivity contribution in [2.45, 2.75) is 71.4 Å². The second-order valence-corrected chi connectivity index (χ2v) is 9.75. The third kappa shape index (κ3) is 8.62. The Morgan fingerprint density at radius 3 is 2.38 bits per heavy atom. The van der Waals surface area contributed by atoms with E-state index in [4.69, 9.17) is 4.74 Å². The fourth-order valence-corrected chi connectivity index (χ4v) is 5.02. The lowest BCUT2D eigenvalue weighted by molar-refractivity contribution is 0.0192. The molecule has 0 aliphatic carbocycles. The van der Waals surface area contributed by atoms with Crippen LogP contribution in [0.3, 0.4) is 0 Å². The fraction of sp³-hybridized carbons (Fsp3) is 0.727. The molecule has 166 valence electrons. The first kappa shape index (κ1) is 24.1. The van der Waals surface area contributed by atoms with E-state index in [0.29, 0.717) is 24.8 Å². The van der Waals surface area contributed by atoms with Gasteiger partial charge in [-0.25, -0.2) is 0 Å². The van der Waals surface area contributed by atoms with Crippen molar-refractivity contribution in [1.29, 1.82) is 0 Å². The van der Waals surface area contributed by atoms with Gasteiger partial charge < -0.3 is 9.64 Å². The SMILES string of the molecule is CCN(CCCCCCOC1CCN(S(=O)(=O)Nc2ccccc2)CC1)C(C)C. The lowest BCUT2D eigenvalue weighted by Crippen LogP contribution is -2.43. The molecule has 0 aromatic heterocycles. The fourth-order valence-electron chi connectivity index (χ4n) is 3.76. The first-order valence-electron chi connectivity index (χ1n) is 11.1. The molecule has 1 N–H and O–H groups in total. The van der Waals surface area contributed by atoms with Gasteiger partial charge in [-0.2, -0.15) is 12.7 Å². The van der Waals surface area contributed by atoms with Crippen molar-refractivity contribution in [2.75, 3.05) is 37.5 Å². The highest BCUT2D eigenvalue weighted by atomic mass is 32.2. The number of hydrogen-bond donors (Lipinski definition) is 1. The minimum atomic E-state index is -3.49. The average Bonchev–Trinajstić information content (AvgIpc) is 2.70. The minimum Gasteiger partial charge on any atom is -0.378 e. The number of nitrogens with zero attached hydrogens (tertiary/aromatic N) is 2. The summed E-state index contributed by atoms with van der Waals surface area (Å²) in [6.45, 7) is 10.8. The van der Waals surface area contributed by atoms with Crippen LogP contribution in [0, 0.1) is 0 Å². The molecular formula is C22H39N3O3S. The van der Waals surface area contributed by atoms with E-state index in [0.717, 1.165) is 32.4 Å². The topological polar surface area (TPSA) is 61.9 Å².